The molecule has 0 radical (unpaired) electrons. The highest BCUT2D eigenvalue weighted by atomic mass is 32.2. The minimum absolute atomic E-state index is 0.0967. The van der Waals surface area contributed by atoms with Gasteiger partial charge in [0.05, 0.1) is 0 Å². The van der Waals surface area contributed by atoms with Crippen LogP contribution in [0.4, 0.5) is 4.39 Å². The average molecular weight is 260 g/mol. The third-order valence-corrected chi connectivity index (χ3v) is 3.57. The summed E-state index contributed by atoms with van der Waals surface area (Å²) in [6.45, 7) is 0. The van der Waals surface area contributed by atoms with E-state index in [1.807, 2.05) is 18.2 Å². The molecule has 2 aromatic rings. The number of carbonyl (C=O) groups is 1. The zero-order valence-corrected chi connectivity index (χ0v) is 10.6. The molecule has 0 unspecified atom stereocenters. The molecule has 0 aliphatic carbocycles. The van der Waals surface area contributed by atoms with Crippen molar-refractivity contribution in [1.82, 2.24) is 0 Å². The van der Waals surface area contributed by atoms with Crippen LogP contribution in [0.15, 0.2) is 59.5 Å². The summed E-state index contributed by atoms with van der Waals surface area (Å²) in [5.74, 6) is 0.461. The lowest BCUT2D eigenvalue weighted by atomic mass is 10.1. The van der Waals surface area contributed by atoms with E-state index in [1.165, 1.54) is 17.8 Å². The smallest absolute Gasteiger partial charge is 0.163 e. The van der Waals surface area contributed by atoms with Crippen LogP contribution in [0.5, 0.6) is 0 Å². The molecule has 0 saturated carbocycles. The second-order valence-corrected chi connectivity index (χ2v) is 4.95. The lowest BCUT2D eigenvalue weighted by molar-refractivity contribution is 0.0989. The van der Waals surface area contributed by atoms with E-state index in [4.69, 9.17) is 0 Å². The Morgan fingerprint density at radius 3 is 2.39 bits per heavy atom. The Morgan fingerprint density at radius 1 is 1.00 bits per heavy atom. The third kappa shape index (κ3) is 3.44. The molecule has 0 atom stereocenters. The lowest BCUT2D eigenvalue weighted by Gasteiger charge is -2.03. The molecular weight excluding hydrogens is 247 g/mol. The second-order valence-electron chi connectivity index (χ2n) is 3.82. The van der Waals surface area contributed by atoms with Crippen molar-refractivity contribution in [3.8, 4) is 0 Å². The van der Waals surface area contributed by atoms with Gasteiger partial charge in [-0.05, 0) is 12.1 Å². The Kier molecular flexibility index (Phi) is 4.53. The van der Waals surface area contributed by atoms with E-state index in [-0.39, 0.29) is 11.6 Å². The van der Waals surface area contributed by atoms with Crippen LogP contribution in [0.3, 0.4) is 0 Å². The minimum Gasteiger partial charge on any atom is -0.294 e. The maximum absolute atomic E-state index is 13.3. The number of halogens is 1. The van der Waals surface area contributed by atoms with Crippen LogP contribution in [0.2, 0.25) is 0 Å². The topological polar surface area (TPSA) is 17.1 Å². The third-order valence-electron chi connectivity index (χ3n) is 2.52. The predicted molar refractivity (Wildman–Crippen MR) is 72.5 cm³/mol. The first-order valence-corrected chi connectivity index (χ1v) is 6.71. The molecule has 0 heterocycles. The van der Waals surface area contributed by atoms with Gasteiger partial charge < -0.3 is 0 Å². The molecule has 0 bridgehead atoms. The summed E-state index contributed by atoms with van der Waals surface area (Å²) in [6.07, 6.45) is 0.420. The summed E-state index contributed by atoms with van der Waals surface area (Å²) in [7, 11) is 0. The fourth-order valence-corrected chi connectivity index (χ4v) is 2.47. The van der Waals surface area contributed by atoms with Crippen LogP contribution < -0.4 is 0 Å². The molecule has 0 aliphatic heterocycles. The number of Topliss-reactive ketones (excluding diaryl/α,β-unsaturated/α-hetero) is 1. The Bertz CT molecular complexity index is 525. The van der Waals surface area contributed by atoms with Crippen LogP contribution in [-0.4, -0.2) is 11.5 Å². The Hall–Kier alpha value is -1.61. The molecule has 2 rings (SSSR count). The van der Waals surface area contributed by atoms with E-state index >= 15 is 0 Å². The molecule has 3 heteroatoms. The maximum atomic E-state index is 13.3. The SMILES string of the molecule is O=C(CCSc1ccccc1F)c1ccccc1. The molecular formula is C15H13FOS. The summed E-state index contributed by atoms with van der Waals surface area (Å²) < 4.78 is 13.3. The Balaban J connectivity index is 1.86. The molecule has 0 spiro atoms. The Morgan fingerprint density at radius 2 is 1.67 bits per heavy atom. The molecule has 0 fully saturated rings. The first-order chi connectivity index (χ1) is 8.77. The number of hydrogen-bond donors (Lipinski definition) is 0. The zero-order valence-electron chi connectivity index (χ0n) is 9.80. The number of benzene rings is 2. The number of thioether (sulfide) groups is 1. The molecule has 1 nitrogen and oxygen atoms in total. The minimum atomic E-state index is -0.227. The van der Waals surface area contributed by atoms with Crippen LogP contribution in [0.1, 0.15) is 16.8 Å². The molecule has 18 heavy (non-hydrogen) atoms. The predicted octanol–water partition coefficient (Wildman–Crippen LogP) is 4.19. The van der Waals surface area contributed by atoms with Crippen LogP contribution in [-0.2, 0) is 0 Å². The number of rotatable bonds is 5. The van der Waals surface area contributed by atoms with Crippen LogP contribution >= 0.6 is 11.8 Å². The van der Waals surface area contributed by atoms with Gasteiger partial charge in [0, 0.05) is 22.6 Å². The lowest BCUT2D eigenvalue weighted by Crippen LogP contribution is -2.00. The standard InChI is InChI=1S/C15H13FOS/c16-13-8-4-5-9-15(13)18-11-10-14(17)12-6-2-1-3-7-12/h1-9H,10-11H2. The van der Waals surface area contributed by atoms with Gasteiger partial charge in [0.2, 0.25) is 0 Å². The quantitative estimate of drug-likeness (QED) is 0.592. The van der Waals surface area contributed by atoms with Gasteiger partial charge in [0.1, 0.15) is 5.82 Å². The summed E-state index contributed by atoms with van der Waals surface area (Å²) in [6, 6.07) is 15.8. The van der Waals surface area contributed by atoms with E-state index in [1.54, 1.807) is 30.3 Å². The monoisotopic (exact) mass is 260 g/mol. The van der Waals surface area contributed by atoms with E-state index < -0.39 is 0 Å². The molecule has 0 aliphatic rings. The first-order valence-electron chi connectivity index (χ1n) is 5.73. The van der Waals surface area contributed by atoms with E-state index in [9.17, 15) is 9.18 Å². The fourth-order valence-electron chi connectivity index (χ4n) is 1.58. The molecule has 0 N–H and O–H groups in total. The van der Waals surface area contributed by atoms with Crippen molar-refractivity contribution >= 4 is 17.5 Å². The maximum Gasteiger partial charge on any atom is 0.163 e. The van der Waals surface area contributed by atoms with Gasteiger partial charge in [-0.3, -0.25) is 4.79 Å². The molecule has 0 aromatic heterocycles. The van der Waals surface area contributed by atoms with Crippen molar-refractivity contribution in [2.75, 3.05) is 5.75 Å². The van der Waals surface area contributed by atoms with Crippen LogP contribution in [0.25, 0.3) is 0 Å². The number of carbonyl (C=O) groups excluding carboxylic acids is 1. The summed E-state index contributed by atoms with van der Waals surface area (Å²) in [5.41, 5.74) is 0.714. The second kappa shape index (κ2) is 6.36. The highest BCUT2D eigenvalue weighted by molar-refractivity contribution is 7.99. The summed E-state index contributed by atoms with van der Waals surface area (Å²) in [4.78, 5) is 12.4. The van der Waals surface area contributed by atoms with E-state index in [0.717, 1.165) is 0 Å². The molecule has 92 valence electrons. The van der Waals surface area contributed by atoms with Gasteiger partial charge in [-0.1, -0.05) is 42.5 Å². The normalized spacial score (nSPS) is 10.3. The van der Waals surface area contributed by atoms with Gasteiger partial charge in [0.15, 0.2) is 5.78 Å². The number of ketones is 1. The Labute approximate surface area is 110 Å². The van der Waals surface area contributed by atoms with Crippen molar-refractivity contribution < 1.29 is 9.18 Å². The first kappa shape index (κ1) is 12.8. The summed E-state index contributed by atoms with van der Waals surface area (Å²) in [5, 5.41) is 0. The van der Waals surface area contributed by atoms with Crippen molar-refractivity contribution in [1.29, 1.82) is 0 Å². The van der Waals surface area contributed by atoms with Crippen molar-refractivity contribution in [2.24, 2.45) is 0 Å². The van der Waals surface area contributed by atoms with E-state index in [2.05, 4.69) is 0 Å². The van der Waals surface area contributed by atoms with Gasteiger partial charge in [-0.25, -0.2) is 4.39 Å². The zero-order chi connectivity index (χ0) is 12.8. The number of hydrogen-bond acceptors (Lipinski definition) is 2. The van der Waals surface area contributed by atoms with Crippen molar-refractivity contribution in [2.45, 2.75) is 11.3 Å². The molecule has 2 aromatic carbocycles. The van der Waals surface area contributed by atoms with Gasteiger partial charge in [-0.15, -0.1) is 11.8 Å². The van der Waals surface area contributed by atoms with Gasteiger partial charge >= 0.3 is 0 Å². The molecule has 0 saturated heterocycles. The van der Waals surface area contributed by atoms with Crippen LogP contribution in [0, 0.1) is 5.82 Å². The van der Waals surface area contributed by atoms with Gasteiger partial charge in [-0.2, -0.15) is 0 Å². The summed E-state index contributed by atoms with van der Waals surface area (Å²) >= 11 is 1.37. The average Bonchev–Trinajstić information content (AvgIpc) is 2.42. The highest BCUT2D eigenvalue weighted by Gasteiger charge is 2.06. The molecule has 0 amide bonds. The fraction of sp³-hybridized carbons (Fsp3) is 0.133. The highest BCUT2D eigenvalue weighted by Crippen LogP contribution is 2.22. The van der Waals surface area contributed by atoms with Gasteiger partial charge in [0.25, 0.3) is 0 Å². The largest absolute Gasteiger partial charge is 0.294 e. The van der Waals surface area contributed by atoms with Crippen molar-refractivity contribution in [3.05, 3.63) is 66.0 Å². The van der Waals surface area contributed by atoms with E-state index in [0.29, 0.717) is 22.6 Å². The van der Waals surface area contributed by atoms with Crippen molar-refractivity contribution in [3.63, 3.8) is 0 Å².